The van der Waals surface area contributed by atoms with E-state index in [1.807, 2.05) is 0 Å². The Morgan fingerprint density at radius 2 is 2.47 bits per heavy atom. The second-order valence-corrected chi connectivity index (χ2v) is 3.06. The van der Waals surface area contributed by atoms with Gasteiger partial charge < -0.3 is 11.1 Å². The Morgan fingerprint density at radius 3 is 3.13 bits per heavy atom. The van der Waals surface area contributed by atoms with Gasteiger partial charge in [0.25, 0.3) is 6.04 Å². The van der Waals surface area contributed by atoms with Crippen molar-refractivity contribution in [2.24, 2.45) is 10.7 Å². The van der Waals surface area contributed by atoms with Gasteiger partial charge in [-0.2, -0.15) is 0 Å². The van der Waals surface area contributed by atoms with Crippen molar-refractivity contribution in [2.75, 3.05) is 13.1 Å². The van der Waals surface area contributed by atoms with Crippen LogP contribution in [0.15, 0.2) is 29.0 Å². The van der Waals surface area contributed by atoms with Gasteiger partial charge in [0, 0.05) is 23.8 Å². The number of nitrogens with one attached hydrogen (secondary N) is 1. The zero-order valence-corrected chi connectivity index (χ0v) is 8.30. The van der Waals surface area contributed by atoms with E-state index in [4.69, 9.17) is 5.73 Å². The average Bonchev–Trinajstić information content (AvgIpc) is 2.44. The van der Waals surface area contributed by atoms with Crippen LogP contribution < -0.4 is 11.1 Å². The van der Waals surface area contributed by atoms with E-state index in [-0.39, 0.29) is 4.92 Å². The number of allylic oxidation sites excluding steroid dienone is 1. The summed E-state index contributed by atoms with van der Waals surface area (Å²) >= 11 is 0. The van der Waals surface area contributed by atoms with Crippen molar-refractivity contribution in [3.63, 3.8) is 0 Å². The van der Waals surface area contributed by atoms with E-state index in [1.54, 1.807) is 6.08 Å². The van der Waals surface area contributed by atoms with Crippen molar-refractivity contribution in [1.82, 2.24) is 5.32 Å². The van der Waals surface area contributed by atoms with Crippen LogP contribution in [0.5, 0.6) is 0 Å². The molecule has 15 heavy (non-hydrogen) atoms. The molecule has 3 N–H and O–H groups in total. The number of aliphatic imine (C=N–C) groups is 1. The summed E-state index contributed by atoms with van der Waals surface area (Å²) in [4.78, 5) is 14.2. The molecule has 0 aromatic heterocycles. The highest BCUT2D eigenvalue weighted by Crippen LogP contribution is 2.03. The Bertz CT molecular complexity index is 309. The second-order valence-electron chi connectivity index (χ2n) is 3.06. The third kappa shape index (κ3) is 3.90. The van der Waals surface area contributed by atoms with Gasteiger partial charge in [-0.3, -0.25) is 10.1 Å². The van der Waals surface area contributed by atoms with Gasteiger partial charge in [0.1, 0.15) is 5.82 Å². The molecule has 0 saturated carbocycles. The first-order valence-corrected chi connectivity index (χ1v) is 4.74. The minimum atomic E-state index is -0.812. The Morgan fingerprint density at radius 1 is 1.67 bits per heavy atom. The third-order valence-electron chi connectivity index (χ3n) is 1.87. The first-order valence-electron chi connectivity index (χ1n) is 4.74. The molecule has 1 atom stereocenters. The summed E-state index contributed by atoms with van der Waals surface area (Å²) in [5.41, 5.74) is 5.33. The fourth-order valence-electron chi connectivity index (χ4n) is 1.10. The molecule has 1 heterocycles. The van der Waals surface area contributed by atoms with Crippen LogP contribution in [0.4, 0.5) is 0 Å². The normalized spacial score (nSPS) is 19.5. The molecule has 1 unspecified atom stereocenters. The molecular formula is C9H14N4O2. The molecule has 1 aliphatic rings. The first kappa shape index (κ1) is 11.4. The van der Waals surface area contributed by atoms with Crippen molar-refractivity contribution in [3.8, 4) is 0 Å². The van der Waals surface area contributed by atoms with E-state index >= 15 is 0 Å². The highest BCUT2D eigenvalue weighted by atomic mass is 16.6. The fraction of sp³-hybridized carbons (Fsp3) is 0.444. The van der Waals surface area contributed by atoms with Crippen LogP contribution in [0.3, 0.4) is 0 Å². The van der Waals surface area contributed by atoms with Crippen molar-refractivity contribution in [2.45, 2.75) is 12.5 Å². The lowest BCUT2D eigenvalue weighted by Crippen LogP contribution is -2.20. The Hall–Kier alpha value is -1.69. The van der Waals surface area contributed by atoms with E-state index in [9.17, 15) is 10.1 Å². The summed E-state index contributed by atoms with van der Waals surface area (Å²) in [7, 11) is 0. The molecule has 1 aliphatic heterocycles. The van der Waals surface area contributed by atoms with Gasteiger partial charge in [-0.1, -0.05) is 0 Å². The van der Waals surface area contributed by atoms with E-state index in [0.29, 0.717) is 18.9 Å². The van der Waals surface area contributed by atoms with Gasteiger partial charge in [-0.25, -0.2) is 4.99 Å². The topological polar surface area (TPSA) is 93.5 Å². The predicted octanol–water partition coefficient (Wildman–Crippen LogP) is 0.0521. The first-order chi connectivity index (χ1) is 7.24. The summed E-state index contributed by atoms with van der Waals surface area (Å²) in [6.45, 7) is 1.25. The van der Waals surface area contributed by atoms with Crippen molar-refractivity contribution in [1.29, 1.82) is 0 Å². The smallest absolute Gasteiger partial charge is 0.253 e. The van der Waals surface area contributed by atoms with Gasteiger partial charge in [0.05, 0.1) is 0 Å². The number of rotatable bonds is 5. The zero-order valence-electron chi connectivity index (χ0n) is 8.30. The van der Waals surface area contributed by atoms with Crippen LogP contribution in [0.1, 0.15) is 6.42 Å². The molecular weight excluding hydrogens is 196 g/mol. The Labute approximate surface area is 87.7 Å². The highest BCUT2D eigenvalue weighted by molar-refractivity contribution is 5.72. The summed E-state index contributed by atoms with van der Waals surface area (Å²) in [6, 6.07) is -0.812. The maximum atomic E-state index is 10.6. The standard InChI is InChI=1S/C9H14N4O2/c10-4-2-6-12-9-7-8(13(14)15)3-1-5-11-9/h1,3,5,7-8,12H,2,4,6,10H2. The largest absolute Gasteiger partial charge is 0.370 e. The minimum Gasteiger partial charge on any atom is -0.370 e. The van der Waals surface area contributed by atoms with E-state index < -0.39 is 6.04 Å². The van der Waals surface area contributed by atoms with Crippen molar-refractivity contribution >= 4 is 6.21 Å². The molecule has 0 spiro atoms. The van der Waals surface area contributed by atoms with Crippen LogP contribution >= 0.6 is 0 Å². The molecule has 0 saturated heterocycles. The number of nitro groups is 1. The lowest BCUT2D eigenvalue weighted by Gasteiger charge is -2.05. The van der Waals surface area contributed by atoms with Crippen LogP contribution in [0.25, 0.3) is 0 Å². The molecule has 0 fully saturated rings. The monoisotopic (exact) mass is 210 g/mol. The molecule has 82 valence electrons. The summed E-state index contributed by atoms with van der Waals surface area (Å²) in [5, 5.41) is 13.6. The molecule has 6 heteroatoms. The zero-order chi connectivity index (χ0) is 11.1. The molecule has 6 nitrogen and oxygen atoms in total. The van der Waals surface area contributed by atoms with Crippen LogP contribution in [-0.4, -0.2) is 30.3 Å². The lowest BCUT2D eigenvalue weighted by atomic mass is 10.3. The third-order valence-corrected chi connectivity index (χ3v) is 1.87. The van der Waals surface area contributed by atoms with Crippen LogP contribution in [0, 0.1) is 10.1 Å². The van der Waals surface area contributed by atoms with E-state index in [1.165, 1.54) is 18.4 Å². The summed E-state index contributed by atoms with van der Waals surface area (Å²) in [6.07, 6.45) is 6.88. The number of nitrogens with zero attached hydrogens (tertiary/aromatic N) is 2. The number of nitrogens with two attached hydrogens (primary N) is 1. The van der Waals surface area contributed by atoms with Gasteiger partial charge in [-0.05, 0) is 25.1 Å². The SMILES string of the molecule is NCCCNC1=CC([N+](=O)[O-])C=CC=N1. The highest BCUT2D eigenvalue weighted by Gasteiger charge is 2.14. The number of hydrogen-bond acceptors (Lipinski definition) is 5. The van der Waals surface area contributed by atoms with Crippen LogP contribution in [-0.2, 0) is 0 Å². The molecule has 0 aromatic rings. The molecule has 0 aliphatic carbocycles. The average molecular weight is 210 g/mol. The molecule has 1 rings (SSSR count). The molecule has 0 bridgehead atoms. The van der Waals surface area contributed by atoms with Crippen molar-refractivity contribution < 1.29 is 4.92 Å². The maximum Gasteiger partial charge on any atom is 0.253 e. The van der Waals surface area contributed by atoms with Crippen LogP contribution in [0.2, 0.25) is 0 Å². The number of hydrogen-bond donors (Lipinski definition) is 2. The lowest BCUT2D eigenvalue weighted by molar-refractivity contribution is -0.496. The van der Waals surface area contributed by atoms with Gasteiger partial charge in [0.15, 0.2) is 0 Å². The van der Waals surface area contributed by atoms with Gasteiger partial charge in [-0.15, -0.1) is 0 Å². The van der Waals surface area contributed by atoms with Gasteiger partial charge in [0.2, 0.25) is 0 Å². The van der Waals surface area contributed by atoms with Crippen molar-refractivity contribution in [3.05, 3.63) is 34.2 Å². The Kier molecular flexibility index (Phi) is 4.49. The van der Waals surface area contributed by atoms with Gasteiger partial charge >= 0.3 is 0 Å². The second kappa shape index (κ2) is 5.92. The minimum absolute atomic E-state index is 0.365. The van der Waals surface area contributed by atoms with E-state index in [2.05, 4.69) is 10.3 Å². The fourth-order valence-corrected chi connectivity index (χ4v) is 1.10. The molecule has 0 radical (unpaired) electrons. The Balaban J connectivity index is 2.58. The molecule has 0 amide bonds. The maximum absolute atomic E-state index is 10.6. The predicted molar refractivity (Wildman–Crippen MR) is 58.2 cm³/mol. The summed E-state index contributed by atoms with van der Waals surface area (Å²) < 4.78 is 0. The molecule has 0 aromatic carbocycles. The quantitative estimate of drug-likeness (QED) is 0.381. The van der Waals surface area contributed by atoms with E-state index in [0.717, 1.165) is 6.42 Å². The summed E-state index contributed by atoms with van der Waals surface area (Å²) in [5.74, 6) is 0.523.